The highest BCUT2D eigenvalue weighted by Gasteiger charge is 2.12. The molecule has 0 aliphatic rings. The topological polar surface area (TPSA) is 35.5 Å². The lowest BCUT2D eigenvalue weighted by Crippen LogP contribution is -2.21. The molecule has 0 fully saturated rings. The Bertz CT molecular complexity index is 321. The van der Waals surface area contributed by atoms with Crippen LogP contribution in [0.25, 0.3) is 0 Å². The third-order valence-corrected chi connectivity index (χ3v) is 2.48. The van der Waals surface area contributed by atoms with Gasteiger partial charge in [0.05, 0.1) is 13.7 Å². The van der Waals surface area contributed by atoms with Gasteiger partial charge in [-0.2, -0.15) is 0 Å². The van der Waals surface area contributed by atoms with E-state index in [0.29, 0.717) is 6.61 Å². The number of hydrogen-bond acceptors (Lipinski definition) is 3. The number of rotatable bonds is 4. The van der Waals surface area contributed by atoms with Crippen LogP contribution < -0.4 is 0 Å². The minimum atomic E-state index is -0.529. The van der Waals surface area contributed by atoms with Crippen molar-refractivity contribution in [1.82, 2.24) is 0 Å². The van der Waals surface area contributed by atoms with Crippen molar-refractivity contribution in [1.29, 1.82) is 0 Å². The molecule has 0 spiro atoms. The van der Waals surface area contributed by atoms with E-state index in [4.69, 9.17) is 4.74 Å². The molecule has 0 saturated heterocycles. The molecule has 1 atom stereocenters. The average Bonchev–Trinajstić information content (AvgIpc) is 2.26. The highest BCUT2D eigenvalue weighted by Crippen LogP contribution is 2.11. The molecule has 4 heteroatoms. The lowest BCUT2D eigenvalue weighted by molar-refractivity contribution is -0.153. The van der Waals surface area contributed by atoms with Gasteiger partial charge in [0, 0.05) is 4.47 Å². The quantitative estimate of drug-likeness (QED) is 0.791. The summed E-state index contributed by atoms with van der Waals surface area (Å²) in [7, 11) is 1.35. The molecule has 1 rings (SSSR count). The third-order valence-electron chi connectivity index (χ3n) is 1.95. The first-order chi connectivity index (χ1) is 7.13. The summed E-state index contributed by atoms with van der Waals surface area (Å²) < 4.78 is 10.9. The van der Waals surface area contributed by atoms with E-state index in [-0.39, 0.29) is 5.97 Å². The zero-order valence-corrected chi connectivity index (χ0v) is 10.3. The van der Waals surface area contributed by atoms with Crippen LogP contribution >= 0.6 is 15.9 Å². The highest BCUT2D eigenvalue weighted by atomic mass is 79.9. The van der Waals surface area contributed by atoms with Crippen LogP contribution in [0.3, 0.4) is 0 Å². The van der Waals surface area contributed by atoms with E-state index in [0.717, 1.165) is 10.0 Å². The Morgan fingerprint density at radius 1 is 1.40 bits per heavy atom. The smallest absolute Gasteiger partial charge is 0.334 e. The fraction of sp³-hybridized carbons (Fsp3) is 0.364. The predicted octanol–water partition coefficient (Wildman–Crippen LogP) is 2.53. The Morgan fingerprint density at radius 2 is 2.00 bits per heavy atom. The second kappa shape index (κ2) is 5.88. The Morgan fingerprint density at radius 3 is 2.53 bits per heavy atom. The standard InChI is InChI=1S/C11H13BrO3/c1-8(11(13)14-2)15-7-9-3-5-10(12)6-4-9/h3-6,8H,7H2,1-2H3/t8-/m1/s1. The Kier molecular flexibility index (Phi) is 4.78. The molecule has 3 nitrogen and oxygen atoms in total. The molecule has 82 valence electrons. The molecule has 0 unspecified atom stereocenters. The van der Waals surface area contributed by atoms with E-state index in [9.17, 15) is 4.79 Å². The van der Waals surface area contributed by atoms with Crippen molar-refractivity contribution in [2.45, 2.75) is 19.6 Å². The molecular weight excluding hydrogens is 260 g/mol. The molecular formula is C11H13BrO3. The first-order valence-corrected chi connectivity index (χ1v) is 5.36. The van der Waals surface area contributed by atoms with Gasteiger partial charge in [0.1, 0.15) is 0 Å². The van der Waals surface area contributed by atoms with Crippen LogP contribution in [0.1, 0.15) is 12.5 Å². The Hall–Kier alpha value is -0.870. The maximum atomic E-state index is 11.0. The second-order valence-electron chi connectivity index (χ2n) is 3.10. The van der Waals surface area contributed by atoms with E-state index in [1.165, 1.54) is 7.11 Å². The van der Waals surface area contributed by atoms with E-state index in [1.54, 1.807) is 6.92 Å². The van der Waals surface area contributed by atoms with Gasteiger partial charge in [-0.15, -0.1) is 0 Å². The van der Waals surface area contributed by atoms with Gasteiger partial charge in [-0.3, -0.25) is 0 Å². The molecule has 1 aromatic rings. The summed E-state index contributed by atoms with van der Waals surface area (Å²) in [4.78, 5) is 11.0. The lowest BCUT2D eigenvalue weighted by Gasteiger charge is -2.10. The monoisotopic (exact) mass is 272 g/mol. The van der Waals surface area contributed by atoms with E-state index >= 15 is 0 Å². The van der Waals surface area contributed by atoms with Gasteiger partial charge in [-0.05, 0) is 24.6 Å². The summed E-state index contributed by atoms with van der Waals surface area (Å²) in [6.45, 7) is 2.08. The van der Waals surface area contributed by atoms with Crippen LogP contribution in [0, 0.1) is 0 Å². The number of carbonyl (C=O) groups is 1. The van der Waals surface area contributed by atoms with Crippen LogP contribution in [-0.2, 0) is 20.9 Å². The number of ether oxygens (including phenoxy) is 2. The Labute approximate surface area is 97.5 Å². The summed E-state index contributed by atoms with van der Waals surface area (Å²) in [5.74, 6) is -0.355. The molecule has 0 radical (unpaired) electrons. The van der Waals surface area contributed by atoms with Gasteiger partial charge >= 0.3 is 5.97 Å². The molecule has 0 aliphatic heterocycles. The average molecular weight is 273 g/mol. The maximum absolute atomic E-state index is 11.0. The van der Waals surface area contributed by atoms with Crippen molar-refractivity contribution < 1.29 is 14.3 Å². The van der Waals surface area contributed by atoms with Crippen LogP contribution in [0.4, 0.5) is 0 Å². The van der Waals surface area contributed by atoms with Crippen molar-refractivity contribution in [2.24, 2.45) is 0 Å². The van der Waals surface area contributed by atoms with Gasteiger partial charge in [-0.25, -0.2) is 4.79 Å². The zero-order valence-electron chi connectivity index (χ0n) is 8.70. The van der Waals surface area contributed by atoms with Crippen LogP contribution in [0.15, 0.2) is 28.7 Å². The van der Waals surface area contributed by atoms with Crippen molar-refractivity contribution in [3.8, 4) is 0 Å². The first-order valence-electron chi connectivity index (χ1n) is 4.57. The number of carbonyl (C=O) groups excluding carboxylic acids is 1. The predicted molar refractivity (Wildman–Crippen MR) is 60.4 cm³/mol. The molecule has 0 aliphatic carbocycles. The van der Waals surface area contributed by atoms with Gasteiger partial charge in [0.2, 0.25) is 0 Å². The summed E-state index contributed by atoms with van der Waals surface area (Å²) in [6, 6.07) is 7.74. The van der Waals surface area contributed by atoms with E-state index in [2.05, 4.69) is 20.7 Å². The fourth-order valence-electron chi connectivity index (χ4n) is 1.04. The molecule has 0 saturated carbocycles. The SMILES string of the molecule is COC(=O)[C@@H](C)OCc1ccc(Br)cc1. The van der Waals surface area contributed by atoms with Crippen molar-refractivity contribution in [3.63, 3.8) is 0 Å². The molecule has 0 aromatic heterocycles. The van der Waals surface area contributed by atoms with E-state index < -0.39 is 6.10 Å². The number of halogens is 1. The van der Waals surface area contributed by atoms with Crippen LogP contribution in [0.2, 0.25) is 0 Å². The largest absolute Gasteiger partial charge is 0.467 e. The van der Waals surface area contributed by atoms with Gasteiger partial charge < -0.3 is 9.47 Å². The molecule has 15 heavy (non-hydrogen) atoms. The van der Waals surface area contributed by atoms with Gasteiger partial charge in [0.15, 0.2) is 6.10 Å². The summed E-state index contributed by atoms with van der Waals surface area (Å²) in [5, 5.41) is 0. The first kappa shape index (κ1) is 12.2. The molecule has 0 amide bonds. The summed E-state index contributed by atoms with van der Waals surface area (Å²) in [6.07, 6.45) is -0.529. The van der Waals surface area contributed by atoms with Gasteiger partial charge in [0.25, 0.3) is 0 Å². The second-order valence-corrected chi connectivity index (χ2v) is 4.02. The number of hydrogen-bond donors (Lipinski definition) is 0. The fourth-order valence-corrected chi connectivity index (χ4v) is 1.30. The molecule has 0 bridgehead atoms. The molecule has 1 aromatic carbocycles. The zero-order chi connectivity index (χ0) is 11.3. The normalized spacial score (nSPS) is 12.2. The lowest BCUT2D eigenvalue weighted by atomic mass is 10.2. The Balaban J connectivity index is 2.43. The molecule has 0 N–H and O–H groups in total. The van der Waals surface area contributed by atoms with Crippen LogP contribution in [0.5, 0.6) is 0 Å². The van der Waals surface area contributed by atoms with E-state index in [1.807, 2.05) is 24.3 Å². The summed E-state index contributed by atoms with van der Waals surface area (Å²) >= 11 is 3.34. The summed E-state index contributed by atoms with van der Waals surface area (Å²) in [5.41, 5.74) is 1.02. The number of esters is 1. The number of benzene rings is 1. The minimum absolute atomic E-state index is 0.355. The van der Waals surface area contributed by atoms with Crippen molar-refractivity contribution >= 4 is 21.9 Å². The van der Waals surface area contributed by atoms with Crippen LogP contribution in [-0.4, -0.2) is 19.2 Å². The van der Waals surface area contributed by atoms with Crippen molar-refractivity contribution in [2.75, 3.05) is 7.11 Å². The number of methoxy groups -OCH3 is 1. The maximum Gasteiger partial charge on any atom is 0.334 e. The van der Waals surface area contributed by atoms with Crippen molar-refractivity contribution in [3.05, 3.63) is 34.3 Å². The third kappa shape index (κ3) is 4.01. The highest BCUT2D eigenvalue weighted by molar-refractivity contribution is 9.10. The molecule has 0 heterocycles. The minimum Gasteiger partial charge on any atom is -0.467 e. The van der Waals surface area contributed by atoms with Gasteiger partial charge in [-0.1, -0.05) is 28.1 Å².